The molecule has 1 saturated heterocycles. The number of halogens is 2. The lowest BCUT2D eigenvalue weighted by atomic mass is 9.88. The van der Waals surface area contributed by atoms with E-state index < -0.39 is 0 Å². The minimum absolute atomic E-state index is 0.0807. The Morgan fingerprint density at radius 2 is 1.41 bits per heavy atom. The van der Waals surface area contributed by atoms with Crippen molar-refractivity contribution in [2.75, 3.05) is 13.1 Å². The first-order valence-electron chi connectivity index (χ1n) is 9.03. The van der Waals surface area contributed by atoms with E-state index in [1.165, 1.54) is 29.8 Å². The predicted octanol–water partition coefficient (Wildman–Crippen LogP) is 4.80. The van der Waals surface area contributed by atoms with Crippen molar-refractivity contribution >= 4 is 11.5 Å². The van der Waals surface area contributed by atoms with Gasteiger partial charge >= 0.3 is 0 Å². The van der Waals surface area contributed by atoms with Crippen LogP contribution in [0.1, 0.15) is 36.8 Å². The van der Waals surface area contributed by atoms with E-state index in [2.05, 4.69) is 5.92 Å². The number of hydrogen-bond donors (Lipinski definition) is 0. The smallest absolute Gasteiger partial charge is 0.223 e. The fourth-order valence-corrected chi connectivity index (χ4v) is 3.42. The third-order valence-corrected chi connectivity index (χ3v) is 4.82. The molecule has 1 aliphatic heterocycles. The zero-order valence-electron chi connectivity index (χ0n) is 15.1. The number of piperidine rings is 1. The fraction of sp³-hybridized carbons (Fsp3) is 0.261. The Bertz CT molecular complexity index is 819. The Labute approximate surface area is 158 Å². The van der Waals surface area contributed by atoms with Gasteiger partial charge in [-0.15, -0.1) is 12.3 Å². The molecule has 0 N–H and O–H groups in total. The number of likely N-dealkylation sites (tertiary alicyclic amines) is 1. The van der Waals surface area contributed by atoms with Crippen LogP contribution in [0, 0.1) is 24.0 Å². The number of carbonyl (C=O) groups is 1. The maximum atomic E-state index is 13.4. The lowest BCUT2D eigenvalue weighted by Crippen LogP contribution is -2.36. The maximum absolute atomic E-state index is 13.4. The highest BCUT2D eigenvalue weighted by atomic mass is 19.1. The number of rotatable bonds is 4. The summed E-state index contributed by atoms with van der Waals surface area (Å²) in [4.78, 5) is 14.0. The summed E-state index contributed by atoms with van der Waals surface area (Å²) < 4.78 is 26.7. The molecule has 0 unspecified atom stereocenters. The zero-order valence-corrected chi connectivity index (χ0v) is 15.1. The van der Waals surface area contributed by atoms with Crippen LogP contribution in [0.2, 0.25) is 0 Å². The van der Waals surface area contributed by atoms with Gasteiger partial charge in [-0.3, -0.25) is 4.79 Å². The van der Waals surface area contributed by atoms with Crippen molar-refractivity contribution in [2.45, 2.75) is 25.7 Å². The fourth-order valence-electron chi connectivity index (χ4n) is 3.42. The van der Waals surface area contributed by atoms with Gasteiger partial charge in [-0.2, -0.15) is 0 Å². The van der Waals surface area contributed by atoms with E-state index in [1.807, 2.05) is 4.90 Å². The van der Waals surface area contributed by atoms with Gasteiger partial charge in [0.05, 0.1) is 0 Å². The third-order valence-electron chi connectivity index (χ3n) is 4.82. The number of hydrogen-bond acceptors (Lipinski definition) is 1. The van der Waals surface area contributed by atoms with Gasteiger partial charge in [0, 0.05) is 25.9 Å². The van der Waals surface area contributed by atoms with Gasteiger partial charge in [0.15, 0.2) is 0 Å². The summed E-state index contributed by atoms with van der Waals surface area (Å²) in [5, 5.41) is 0. The summed E-state index contributed by atoms with van der Waals surface area (Å²) in [6.45, 7) is 1.26. The molecule has 1 fully saturated rings. The summed E-state index contributed by atoms with van der Waals surface area (Å²) in [5.74, 6) is 1.99. The SMILES string of the molecule is C#CCCC(=O)N1CCC(=C(c2ccc(F)cc2)c2ccc(F)cc2)CC1. The van der Waals surface area contributed by atoms with Crippen molar-refractivity contribution in [3.05, 3.63) is 76.9 Å². The van der Waals surface area contributed by atoms with Crippen molar-refractivity contribution < 1.29 is 13.6 Å². The van der Waals surface area contributed by atoms with E-state index >= 15 is 0 Å². The van der Waals surface area contributed by atoms with Crippen molar-refractivity contribution in [3.8, 4) is 12.3 Å². The number of benzene rings is 2. The lowest BCUT2D eigenvalue weighted by molar-refractivity contribution is -0.131. The Hall–Kier alpha value is -2.93. The Morgan fingerprint density at radius 1 is 0.926 bits per heavy atom. The van der Waals surface area contributed by atoms with Gasteiger partial charge in [0.2, 0.25) is 5.91 Å². The normalized spacial score (nSPS) is 14.0. The quantitative estimate of drug-likeness (QED) is 0.713. The topological polar surface area (TPSA) is 20.3 Å². The molecular weight excluding hydrogens is 344 g/mol. The van der Waals surface area contributed by atoms with Crippen LogP contribution >= 0.6 is 0 Å². The second-order valence-corrected chi connectivity index (χ2v) is 6.58. The first-order valence-corrected chi connectivity index (χ1v) is 9.03. The molecule has 1 amide bonds. The van der Waals surface area contributed by atoms with Crippen molar-refractivity contribution in [1.29, 1.82) is 0 Å². The van der Waals surface area contributed by atoms with Gasteiger partial charge in [-0.25, -0.2) is 8.78 Å². The molecule has 0 bridgehead atoms. The summed E-state index contributed by atoms with van der Waals surface area (Å²) >= 11 is 0. The number of terminal acetylenes is 1. The zero-order chi connectivity index (χ0) is 19.2. The minimum atomic E-state index is -0.295. The highest BCUT2D eigenvalue weighted by Gasteiger charge is 2.22. The van der Waals surface area contributed by atoms with Gasteiger partial charge < -0.3 is 4.90 Å². The van der Waals surface area contributed by atoms with E-state index in [0.29, 0.717) is 25.9 Å². The second kappa shape index (κ2) is 8.64. The van der Waals surface area contributed by atoms with Gasteiger partial charge in [-0.05, 0) is 53.8 Å². The first-order chi connectivity index (χ1) is 13.1. The maximum Gasteiger partial charge on any atom is 0.223 e. The van der Waals surface area contributed by atoms with Crippen LogP contribution in [0.3, 0.4) is 0 Å². The molecule has 2 aromatic carbocycles. The van der Waals surface area contributed by atoms with Gasteiger partial charge in [-0.1, -0.05) is 29.8 Å². The summed E-state index contributed by atoms with van der Waals surface area (Å²) in [6.07, 6.45) is 7.52. The molecule has 4 heteroatoms. The highest BCUT2D eigenvalue weighted by molar-refractivity contribution is 5.83. The van der Waals surface area contributed by atoms with Crippen LogP contribution < -0.4 is 0 Å². The summed E-state index contributed by atoms with van der Waals surface area (Å²) in [5.41, 5.74) is 3.97. The lowest BCUT2D eigenvalue weighted by Gasteiger charge is -2.30. The molecule has 0 aliphatic carbocycles. The Balaban J connectivity index is 1.89. The van der Waals surface area contributed by atoms with Crippen LogP contribution in [0.4, 0.5) is 8.78 Å². The van der Waals surface area contributed by atoms with Crippen molar-refractivity contribution in [3.63, 3.8) is 0 Å². The summed E-state index contributed by atoms with van der Waals surface area (Å²) in [7, 11) is 0. The Morgan fingerprint density at radius 3 is 1.85 bits per heavy atom. The van der Waals surface area contributed by atoms with E-state index in [9.17, 15) is 13.6 Å². The molecule has 0 spiro atoms. The predicted molar refractivity (Wildman–Crippen MR) is 103 cm³/mol. The van der Waals surface area contributed by atoms with Crippen molar-refractivity contribution in [1.82, 2.24) is 4.90 Å². The average molecular weight is 365 g/mol. The average Bonchev–Trinajstić information content (AvgIpc) is 2.70. The van der Waals surface area contributed by atoms with Crippen LogP contribution in [-0.4, -0.2) is 23.9 Å². The molecule has 0 aromatic heterocycles. The van der Waals surface area contributed by atoms with E-state index in [0.717, 1.165) is 29.5 Å². The van der Waals surface area contributed by atoms with Crippen molar-refractivity contribution in [2.24, 2.45) is 0 Å². The molecule has 3 rings (SSSR count). The number of carbonyl (C=O) groups excluding carboxylic acids is 1. The molecule has 0 atom stereocenters. The third kappa shape index (κ3) is 4.62. The van der Waals surface area contributed by atoms with Crippen LogP contribution in [0.5, 0.6) is 0 Å². The minimum Gasteiger partial charge on any atom is -0.342 e. The van der Waals surface area contributed by atoms with E-state index in [4.69, 9.17) is 6.42 Å². The molecule has 138 valence electrons. The molecule has 0 saturated carbocycles. The van der Waals surface area contributed by atoms with Gasteiger partial charge in [0.25, 0.3) is 0 Å². The Kier molecular flexibility index (Phi) is 6.03. The van der Waals surface area contributed by atoms with Gasteiger partial charge in [0.1, 0.15) is 11.6 Å². The molecule has 1 heterocycles. The van der Waals surface area contributed by atoms with Crippen LogP contribution in [0.25, 0.3) is 5.57 Å². The largest absolute Gasteiger partial charge is 0.342 e. The van der Waals surface area contributed by atoms with E-state index in [-0.39, 0.29) is 17.5 Å². The standard InChI is InChI=1S/C23H21F2NO/c1-2-3-4-22(27)26-15-13-19(14-16-26)23(17-5-9-20(24)10-6-17)18-7-11-21(25)12-8-18/h1,5-12H,3-4,13-16H2. The highest BCUT2D eigenvalue weighted by Crippen LogP contribution is 2.32. The molecule has 27 heavy (non-hydrogen) atoms. The monoisotopic (exact) mass is 365 g/mol. The number of nitrogens with zero attached hydrogens (tertiary/aromatic N) is 1. The molecule has 0 radical (unpaired) electrons. The molecule has 2 aromatic rings. The molecule has 1 aliphatic rings. The van der Waals surface area contributed by atoms with E-state index in [1.54, 1.807) is 24.3 Å². The molecular formula is C23H21F2NO. The number of amides is 1. The van der Waals surface area contributed by atoms with Crippen LogP contribution in [0.15, 0.2) is 54.1 Å². The molecule has 2 nitrogen and oxygen atoms in total. The second-order valence-electron chi connectivity index (χ2n) is 6.58. The van der Waals surface area contributed by atoms with Crippen LogP contribution in [-0.2, 0) is 4.79 Å². The first kappa shape index (κ1) is 18.8. The summed E-state index contributed by atoms with van der Waals surface area (Å²) in [6, 6.07) is 12.7.